The molecule has 0 aliphatic carbocycles. The molecule has 1 aromatic carbocycles. The minimum atomic E-state index is -0.963. The zero-order valence-corrected chi connectivity index (χ0v) is 11.6. The molecule has 0 unspecified atom stereocenters. The summed E-state index contributed by atoms with van der Waals surface area (Å²) in [6.07, 6.45) is 1.33. The Bertz CT molecular complexity index is 491. The fourth-order valence-electron chi connectivity index (χ4n) is 1.42. The molecule has 5 heteroatoms. The second kappa shape index (κ2) is 7.55. The lowest BCUT2D eigenvalue weighted by Crippen LogP contribution is -2.17. The van der Waals surface area contributed by atoms with Crippen molar-refractivity contribution in [3.63, 3.8) is 0 Å². The molecule has 0 spiro atoms. The molecular weight excluding hydrogens is 264 g/mol. The van der Waals surface area contributed by atoms with Gasteiger partial charge in [-0.25, -0.2) is 0 Å². The van der Waals surface area contributed by atoms with Crippen LogP contribution in [0.1, 0.15) is 25.5 Å². The zero-order chi connectivity index (χ0) is 14.3. The summed E-state index contributed by atoms with van der Waals surface area (Å²) in [4.78, 5) is 15.6. The number of halogens is 1. The number of ether oxygens (including phenoxy) is 1. The molecule has 0 radical (unpaired) electrons. The Kier molecular flexibility index (Phi) is 6.04. The van der Waals surface area contributed by atoms with Crippen LogP contribution in [0.4, 0.5) is 0 Å². The van der Waals surface area contributed by atoms with Crippen LogP contribution in [-0.2, 0) is 9.53 Å². The number of hydrogen-bond donors (Lipinski definition) is 0. The van der Waals surface area contributed by atoms with Crippen LogP contribution >= 0.6 is 11.6 Å². The van der Waals surface area contributed by atoms with E-state index in [-0.39, 0.29) is 12.6 Å². The first-order chi connectivity index (χ1) is 9.08. The standard InChI is InChI=1S/C14H15ClN2O2/c1-3-19-14(18)12(8-16)9-17-10(2)11-4-6-13(15)7-5-11/h4-7,9-10,12H,3H2,1-2H3/t10-,12-/m1/s1. The minimum Gasteiger partial charge on any atom is -0.465 e. The van der Waals surface area contributed by atoms with Crippen LogP contribution in [0.15, 0.2) is 29.3 Å². The lowest BCUT2D eigenvalue weighted by atomic mass is 10.1. The maximum atomic E-state index is 11.4. The molecule has 1 rings (SSSR count). The molecule has 0 saturated carbocycles. The van der Waals surface area contributed by atoms with Gasteiger partial charge in [-0.05, 0) is 31.5 Å². The highest BCUT2D eigenvalue weighted by Crippen LogP contribution is 2.19. The molecule has 1 aromatic rings. The van der Waals surface area contributed by atoms with Crippen molar-refractivity contribution in [3.05, 3.63) is 34.9 Å². The number of carbonyl (C=O) groups is 1. The van der Waals surface area contributed by atoms with Gasteiger partial charge in [0.25, 0.3) is 0 Å². The van der Waals surface area contributed by atoms with Crippen LogP contribution in [0, 0.1) is 17.2 Å². The molecule has 0 heterocycles. The molecule has 2 atom stereocenters. The third kappa shape index (κ3) is 4.72. The highest BCUT2D eigenvalue weighted by atomic mass is 35.5. The van der Waals surface area contributed by atoms with E-state index in [0.717, 1.165) is 5.56 Å². The first kappa shape index (κ1) is 15.2. The second-order valence-electron chi connectivity index (χ2n) is 3.88. The van der Waals surface area contributed by atoms with Gasteiger partial charge < -0.3 is 4.74 Å². The van der Waals surface area contributed by atoms with Crippen molar-refractivity contribution in [3.8, 4) is 6.07 Å². The minimum absolute atomic E-state index is 0.150. The summed E-state index contributed by atoms with van der Waals surface area (Å²) in [5.74, 6) is -1.54. The largest absolute Gasteiger partial charge is 0.465 e. The van der Waals surface area contributed by atoms with Crippen LogP contribution in [0.3, 0.4) is 0 Å². The van der Waals surface area contributed by atoms with Crippen molar-refractivity contribution in [1.82, 2.24) is 0 Å². The maximum absolute atomic E-state index is 11.4. The quantitative estimate of drug-likeness (QED) is 0.614. The highest BCUT2D eigenvalue weighted by molar-refractivity contribution is 6.30. The lowest BCUT2D eigenvalue weighted by Gasteiger charge is -2.08. The van der Waals surface area contributed by atoms with Crippen molar-refractivity contribution in [2.24, 2.45) is 10.9 Å². The predicted octanol–water partition coefficient (Wildman–Crippen LogP) is 3.17. The summed E-state index contributed by atoms with van der Waals surface area (Å²) < 4.78 is 4.78. The number of aliphatic imine (C=N–C) groups is 1. The molecular formula is C14H15ClN2O2. The third-order valence-corrected chi connectivity index (χ3v) is 2.74. The van der Waals surface area contributed by atoms with Gasteiger partial charge in [0, 0.05) is 11.2 Å². The van der Waals surface area contributed by atoms with E-state index >= 15 is 0 Å². The molecule has 0 saturated heterocycles. The van der Waals surface area contributed by atoms with Crippen molar-refractivity contribution < 1.29 is 9.53 Å². The Balaban J connectivity index is 2.71. The second-order valence-corrected chi connectivity index (χ2v) is 4.32. The van der Waals surface area contributed by atoms with Crippen LogP contribution in [0.25, 0.3) is 0 Å². The number of nitrogens with zero attached hydrogens (tertiary/aromatic N) is 2. The topological polar surface area (TPSA) is 62.5 Å². The fraction of sp³-hybridized carbons (Fsp3) is 0.357. The van der Waals surface area contributed by atoms with Gasteiger partial charge >= 0.3 is 5.97 Å². The molecule has 0 fully saturated rings. The van der Waals surface area contributed by atoms with Crippen LogP contribution in [-0.4, -0.2) is 18.8 Å². The third-order valence-electron chi connectivity index (χ3n) is 2.49. The molecule has 4 nitrogen and oxygen atoms in total. The van der Waals surface area contributed by atoms with Crippen molar-refractivity contribution >= 4 is 23.8 Å². The highest BCUT2D eigenvalue weighted by Gasteiger charge is 2.16. The van der Waals surface area contributed by atoms with E-state index in [1.54, 1.807) is 19.1 Å². The smallest absolute Gasteiger partial charge is 0.328 e. The van der Waals surface area contributed by atoms with Gasteiger partial charge in [-0.15, -0.1) is 0 Å². The number of hydrogen-bond acceptors (Lipinski definition) is 4. The van der Waals surface area contributed by atoms with Crippen LogP contribution in [0.5, 0.6) is 0 Å². The Morgan fingerprint density at radius 3 is 2.68 bits per heavy atom. The summed E-state index contributed by atoms with van der Waals surface area (Å²) in [6, 6.07) is 8.97. The molecule has 100 valence electrons. The molecule has 0 amide bonds. The fourth-order valence-corrected chi connectivity index (χ4v) is 1.55. The van der Waals surface area contributed by atoms with Gasteiger partial charge in [-0.1, -0.05) is 23.7 Å². The number of benzene rings is 1. The zero-order valence-electron chi connectivity index (χ0n) is 10.8. The number of esters is 1. The van der Waals surface area contributed by atoms with E-state index < -0.39 is 11.9 Å². The molecule has 0 N–H and O–H groups in total. The van der Waals surface area contributed by atoms with Gasteiger partial charge in [0.2, 0.25) is 0 Å². The summed E-state index contributed by atoms with van der Waals surface area (Å²) in [5.41, 5.74) is 0.959. The predicted molar refractivity (Wildman–Crippen MR) is 74.1 cm³/mol. The van der Waals surface area contributed by atoms with Crippen molar-refractivity contribution in [2.45, 2.75) is 19.9 Å². The average Bonchev–Trinajstić information content (AvgIpc) is 2.40. The summed E-state index contributed by atoms with van der Waals surface area (Å²) in [7, 11) is 0. The monoisotopic (exact) mass is 278 g/mol. The Hall–Kier alpha value is -1.86. The lowest BCUT2D eigenvalue weighted by molar-refractivity contribution is -0.143. The Morgan fingerprint density at radius 2 is 2.16 bits per heavy atom. The summed E-state index contributed by atoms with van der Waals surface area (Å²) in [5, 5.41) is 9.54. The summed E-state index contributed by atoms with van der Waals surface area (Å²) in [6.45, 7) is 3.82. The maximum Gasteiger partial charge on any atom is 0.328 e. The Labute approximate surface area is 117 Å². The van der Waals surface area contributed by atoms with Crippen molar-refractivity contribution in [2.75, 3.05) is 6.61 Å². The number of rotatable bonds is 5. The molecule has 0 aliphatic heterocycles. The van der Waals surface area contributed by atoms with E-state index in [4.69, 9.17) is 21.6 Å². The summed E-state index contributed by atoms with van der Waals surface area (Å²) >= 11 is 5.80. The van der Waals surface area contributed by atoms with Gasteiger partial charge in [-0.2, -0.15) is 5.26 Å². The van der Waals surface area contributed by atoms with E-state index in [2.05, 4.69) is 4.99 Å². The van der Waals surface area contributed by atoms with Gasteiger partial charge in [-0.3, -0.25) is 9.79 Å². The first-order valence-corrected chi connectivity index (χ1v) is 6.31. The van der Waals surface area contributed by atoms with E-state index in [1.807, 2.05) is 25.1 Å². The van der Waals surface area contributed by atoms with E-state index in [9.17, 15) is 4.79 Å². The van der Waals surface area contributed by atoms with E-state index in [0.29, 0.717) is 5.02 Å². The average molecular weight is 279 g/mol. The molecule has 0 aliphatic rings. The Morgan fingerprint density at radius 1 is 1.53 bits per heavy atom. The molecule has 0 aromatic heterocycles. The van der Waals surface area contributed by atoms with Crippen LogP contribution in [0.2, 0.25) is 5.02 Å². The van der Waals surface area contributed by atoms with E-state index in [1.165, 1.54) is 6.21 Å². The molecule has 19 heavy (non-hydrogen) atoms. The molecule has 0 bridgehead atoms. The van der Waals surface area contributed by atoms with Gasteiger partial charge in [0.15, 0.2) is 5.92 Å². The SMILES string of the molecule is CCOC(=O)[C@H](C#N)C=N[C@H](C)c1ccc(Cl)cc1. The normalized spacial score (nSPS) is 13.8. The van der Waals surface area contributed by atoms with Gasteiger partial charge in [0.05, 0.1) is 18.7 Å². The van der Waals surface area contributed by atoms with Crippen LogP contribution < -0.4 is 0 Å². The van der Waals surface area contributed by atoms with Gasteiger partial charge in [0.1, 0.15) is 0 Å². The number of carbonyl (C=O) groups excluding carboxylic acids is 1. The number of nitriles is 1. The van der Waals surface area contributed by atoms with Crippen molar-refractivity contribution in [1.29, 1.82) is 5.26 Å². The first-order valence-electron chi connectivity index (χ1n) is 5.93.